The SMILES string of the molecule is CC1n2c(nc3c4ccccc4ccc32)-c2ccc3ccccc3[n+]21. The molecule has 25 heavy (non-hydrogen) atoms. The fourth-order valence-electron chi connectivity index (χ4n) is 4.32. The quantitative estimate of drug-likeness (QED) is 0.379. The molecule has 2 aromatic heterocycles. The van der Waals surface area contributed by atoms with Crippen molar-refractivity contribution >= 4 is 32.7 Å². The normalized spacial score (nSPS) is 15.8. The molecule has 1 atom stereocenters. The van der Waals surface area contributed by atoms with Crippen LogP contribution in [-0.4, -0.2) is 9.55 Å². The van der Waals surface area contributed by atoms with Gasteiger partial charge in [-0.05, 0) is 23.6 Å². The van der Waals surface area contributed by atoms with Gasteiger partial charge in [-0.3, -0.25) is 4.57 Å². The Labute approximate surface area is 144 Å². The lowest BCUT2D eigenvalue weighted by Crippen LogP contribution is -2.39. The van der Waals surface area contributed by atoms with E-state index in [1.165, 1.54) is 32.9 Å². The largest absolute Gasteiger partial charge is 0.259 e. The summed E-state index contributed by atoms with van der Waals surface area (Å²) < 4.78 is 4.76. The van der Waals surface area contributed by atoms with Gasteiger partial charge in [-0.1, -0.05) is 42.5 Å². The van der Waals surface area contributed by atoms with E-state index in [1.807, 2.05) is 0 Å². The molecule has 1 unspecified atom stereocenters. The summed E-state index contributed by atoms with van der Waals surface area (Å²) in [5.41, 5.74) is 4.74. The van der Waals surface area contributed by atoms with Crippen molar-refractivity contribution in [3.05, 3.63) is 72.8 Å². The Hall–Kier alpha value is -3.20. The van der Waals surface area contributed by atoms with Crippen LogP contribution in [0.4, 0.5) is 0 Å². The third kappa shape index (κ3) is 1.55. The summed E-state index contributed by atoms with van der Waals surface area (Å²) in [5, 5.41) is 3.73. The molecular weight excluding hydrogens is 306 g/mol. The molecule has 1 aliphatic heterocycles. The topological polar surface area (TPSA) is 21.7 Å². The lowest BCUT2D eigenvalue weighted by molar-refractivity contribution is -0.681. The number of rotatable bonds is 0. The number of para-hydroxylation sites is 1. The standard InChI is InChI=1S/C22H16N3/c1-14-24-18-9-5-3-7-16(18)11-13-20(24)22-23-21-17-8-4-2-6-15(17)10-12-19(21)25(14)22/h2-14H,1H3/q+1. The molecule has 3 nitrogen and oxygen atoms in total. The van der Waals surface area contributed by atoms with Crippen molar-refractivity contribution in [1.29, 1.82) is 0 Å². The van der Waals surface area contributed by atoms with E-state index in [9.17, 15) is 0 Å². The maximum absolute atomic E-state index is 5.06. The van der Waals surface area contributed by atoms with Crippen LogP contribution < -0.4 is 4.57 Å². The van der Waals surface area contributed by atoms with Crippen molar-refractivity contribution in [3.8, 4) is 11.5 Å². The molecule has 0 saturated carbocycles. The predicted molar refractivity (Wildman–Crippen MR) is 100 cm³/mol. The van der Waals surface area contributed by atoms with E-state index < -0.39 is 0 Å². The summed E-state index contributed by atoms with van der Waals surface area (Å²) in [6, 6.07) is 25.9. The molecule has 6 rings (SSSR count). The average Bonchev–Trinajstić information content (AvgIpc) is 3.18. The Morgan fingerprint density at radius 1 is 0.840 bits per heavy atom. The maximum Gasteiger partial charge on any atom is 0.251 e. The van der Waals surface area contributed by atoms with Crippen molar-refractivity contribution in [3.63, 3.8) is 0 Å². The van der Waals surface area contributed by atoms with Gasteiger partial charge in [0.2, 0.25) is 17.5 Å². The molecule has 0 fully saturated rings. The summed E-state index contributed by atoms with van der Waals surface area (Å²) >= 11 is 0. The minimum Gasteiger partial charge on any atom is -0.259 e. The molecule has 0 aliphatic carbocycles. The van der Waals surface area contributed by atoms with E-state index in [2.05, 4.69) is 88.9 Å². The number of hydrogen-bond acceptors (Lipinski definition) is 1. The van der Waals surface area contributed by atoms with Gasteiger partial charge in [-0.15, -0.1) is 0 Å². The number of aromatic nitrogens is 3. The molecule has 0 N–H and O–H groups in total. The van der Waals surface area contributed by atoms with Gasteiger partial charge in [0, 0.05) is 29.8 Å². The number of hydrogen-bond donors (Lipinski definition) is 0. The molecular formula is C22H16N3+. The lowest BCUT2D eigenvalue weighted by Gasteiger charge is -2.07. The highest BCUT2D eigenvalue weighted by Gasteiger charge is 2.37. The van der Waals surface area contributed by atoms with Gasteiger partial charge in [0.1, 0.15) is 0 Å². The van der Waals surface area contributed by atoms with Crippen LogP contribution in [0.5, 0.6) is 0 Å². The highest BCUT2D eigenvalue weighted by Crippen LogP contribution is 2.35. The Morgan fingerprint density at radius 2 is 1.60 bits per heavy atom. The van der Waals surface area contributed by atoms with Crippen molar-refractivity contribution < 1.29 is 4.57 Å². The lowest BCUT2D eigenvalue weighted by atomic mass is 10.1. The van der Waals surface area contributed by atoms with Crippen LogP contribution in [0.15, 0.2) is 72.8 Å². The Kier molecular flexibility index (Phi) is 2.34. The second-order valence-corrected chi connectivity index (χ2v) is 6.74. The zero-order chi connectivity index (χ0) is 16.5. The van der Waals surface area contributed by atoms with Crippen LogP contribution in [0.3, 0.4) is 0 Å². The average molecular weight is 322 g/mol. The molecule has 0 bridgehead atoms. The Balaban J connectivity index is 1.76. The second kappa shape index (κ2) is 4.45. The van der Waals surface area contributed by atoms with Gasteiger partial charge in [0.25, 0.3) is 5.69 Å². The maximum atomic E-state index is 5.06. The minimum absolute atomic E-state index is 0.210. The molecule has 0 radical (unpaired) electrons. The molecule has 0 amide bonds. The summed E-state index contributed by atoms with van der Waals surface area (Å²) in [5.74, 6) is 1.06. The van der Waals surface area contributed by atoms with Crippen LogP contribution >= 0.6 is 0 Å². The van der Waals surface area contributed by atoms with Crippen LogP contribution in [0.25, 0.3) is 44.2 Å². The van der Waals surface area contributed by atoms with Crippen molar-refractivity contribution in [2.24, 2.45) is 0 Å². The summed E-state index contributed by atoms with van der Waals surface area (Å²) in [7, 11) is 0. The third-order valence-electron chi connectivity index (χ3n) is 5.44. The Morgan fingerprint density at radius 3 is 2.52 bits per heavy atom. The number of benzene rings is 3. The molecule has 3 heterocycles. The number of nitrogens with zero attached hydrogens (tertiary/aromatic N) is 3. The Bertz CT molecular complexity index is 1310. The summed E-state index contributed by atoms with van der Waals surface area (Å²) in [6.07, 6.45) is 0.210. The second-order valence-electron chi connectivity index (χ2n) is 6.74. The fraction of sp³-hybridized carbons (Fsp3) is 0.0909. The smallest absolute Gasteiger partial charge is 0.251 e. The van der Waals surface area contributed by atoms with E-state index in [-0.39, 0.29) is 6.17 Å². The molecule has 3 aromatic carbocycles. The van der Waals surface area contributed by atoms with Gasteiger partial charge < -0.3 is 0 Å². The molecule has 3 heteroatoms. The molecule has 5 aromatic rings. The van der Waals surface area contributed by atoms with E-state index in [0.717, 1.165) is 11.3 Å². The summed E-state index contributed by atoms with van der Waals surface area (Å²) in [6.45, 7) is 2.25. The first-order valence-corrected chi connectivity index (χ1v) is 8.66. The zero-order valence-corrected chi connectivity index (χ0v) is 13.8. The zero-order valence-electron chi connectivity index (χ0n) is 13.8. The van der Waals surface area contributed by atoms with E-state index in [0.29, 0.717) is 0 Å². The number of imidazole rings is 1. The minimum atomic E-state index is 0.210. The predicted octanol–water partition coefficient (Wildman–Crippen LogP) is 4.68. The molecule has 1 aliphatic rings. The van der Waals surface area contributed by atoms with E-state index in [4.69, 9.17) is 4.98 Å². The van der Waals surface area contributed by atoms with Gasteiger partial charge in [0.05, 0.1) is 11.0 Å². The van der Waals surface area contributed by atoms with Crippen molar-refractivity contribution in [2.75, 3.05) is 0 Å². The monoisotopic (exact) mass is 322 g/mol. The molecule has 0 saturated heterocycles. The third-order valence-corrected chi connectivity index (χ3v) is 5.44. The highest BCUT2D eigenvalue weighted by molar-refractivity contribution is 6.05. The number of pyridine rings is 1. The molecule has 0 spiro atoms. The van der Waals surface area contributed by atoms with Gasteiger partial charge >= 0.3 is 0 Å². The highest BCUT2D eigenvalue weighted by atomic mass is 15.3. The van der Waals surface area contributed by atoms with Crippen molar-refractivity contribution in [2.45, 2.75) is 13.1 Å². The van der Waals surface area contributed by atoms with Gasteiger partial charge in [0.15, 0.2) is 0 Å². The summed E-state index contributed by atoms with van der Waals surface area (Å²) in [4.78, 5) is 5.06. The number of fused-ring (bicyclic) bond motifs is 9. The molecule has 118 valence electrons. The fourth-order valence-corrected chi connectivity index (χ4v) is 4.32. The van der Waals surface area contributed by atoms with E-state index >= 15 is 0 Å². The van der Waals surface area contributed by atoms with Crippen LogP contribution in [0.1, 0.15) is 13.1 Å². The van der Waals surface area contributed by atoms with Crippen LogP contribution in [0.2, 0.25) is 0 Å². The van der Waals surface area contributed by atoms with Crippen LogP contribution in [0, 0.1) is 0 Å². The van der Waals surface area contributed by atoms with Crippen molar-refractivity contribution in [1.82, 2.24) is 9.55 Å². The van der Waals surface area contributed by atoms with Crippen LogP contribution in [-0.2, 0) is 0 Å². The first kappa shape index (κ1) is 13.1. The van der Waals surface area contributed by atoms with Gasteiger partial charge in [-0.25, -0.2) is 4.98 Å². The van der Waals surface area contributed by atoms with E-state index in [1.54, 1.807) is 0 Å². The first-order valence-electron chi connectivity index (χ1n) is 8.66. The first-order chi connectivity index (χ1) is 12.3. The van der Waals surface area contributed by atoms with Gasteiger partial charge in [-0.2, -0.15) is 4.57 Å².